The van der Waals surface area contributed by atoms with E-state index >= 15 is 0 Å². The van der Waals surface area contributed by atoms with Gasteiger partial charge in [-0.05, 0) is 55.5 Å². The van der Waals surface area contributed by atoms with E-state index in [9.17, 15) is 9.59 Å². The van der Waals surface area contributed by atoms with Crippen LogP contribution in [0.4, 0.5) is 5.69 Å². The summed E-state index contributed by atoms with van der Waals surface area (Å²) in [5.74, 6) is 0.735. The smallest absolute Gasteiger partial charge is 0.224 e. The molecule has 3 aromatic rings. The van der Waals surface area contributed by atoms with E-state index in [-0.39, 0.29) is 11.7 Å². The Morgan fingerprint density at radius 1 is 1.07 bits per heavy atom. The first-order chi connectivity index (χ1) is 13.0. The van der Waals surface area contributed by atoms with Gasteiger partial charge < -0.3 is 10.1 Å². The van der Waals surface area contributed by atoms with Crippen molar-refractivity contribution in [3.05, 3.63) is 64.5 Å². The lowest BCUT2D eigenvalue weighted by molar-refractivity contribution is -0.116. The molecule has 0 bridgehead atoms. The zero-order chi connectivity index (χ0) is 19.2. The number of ether oxygens (including phenoxy) is 1. The Morgan fingerprint density at radius 2 is 1.78 bits per heavy atom. The van der Waals surface area contributed by atoms with Gasteiger partial charge in [0.05, 0.1) is 17.8 Å². The minimum Gasteiger partial charge on any atom is -0.497 e. The fourth-order valence-corrected chi connectivity index (χ4v) is 3.36. The molecule has 0 aliphatic rings. The number of benzene rings is 2. The Bertz CT molecular complexity index is 931. The Hall–Kier alpha value is -2.99. The summed E-state index contributed by atoms with van der Waals surface area (Å²) >= 11 is 1.55. The maximum atomic E-state index is 12.1. The van der Waals surface area contributed by atoms with Crippen molar-refractivity contribution < 1.29 is 14.3 Å². The highest BCUT2D eigenvalue weighted by atomic mass is 32.1. The quantitative estimate of drug-likeness (QED) is 0.609. The number of nitrogens with one attached hydrogen (secondary N) is 1. The number of hydrogen-bond donors (Lipinski definition) is 1. The van der Waals surface area contributed by atoms with Crippen LogP contribution in [0, 0.1) is 0 Å². The topological polar surface area (TPSA) is 68.3 Å². The summed E-state index contributed by atoms with van der Waals surface area (Å²) in [6.07, 6.45) is 0.933. The van der Waals surface area contributed by atoms with E-state index in [0.717, 1.165) is 22.0 Å². The van der Waals surface area contributed by atoms with Crippen LogP contribution in [0.1, 0.15) is 28.7 Å². The van der Waals surface area contributed by atoms with Gasteiger partial charge in [0.2, 0.25) is 5.91 Å². The van der Waals surface area contributed by atoms with Gasteiger partial charge in [0.15, 0.2) is 5.78 Å². The normalized spacial score (nSPS) is 10.4. The molecular weight excluding hydrogens is 360 g/mol. The van der Waals surface area contributed by atoms with Crippen molar-refractivity contribution in [2.75, 3.05) is 12.4 Å². The van der Waals surface area contributed by atoms with Crippen LogP contribution in [-0.4, -0.2) is 23.8 Å². The highest BCUT2D eigenvalue weighted by Crippen LogP contribution is 2.24. The standard InChI is InChI=1S/C21H20N2O3S/c1-14(24)15-3-7-17(8-4-15)22-20(25)11-12-21-23-19(13-27-21)16-5-9-18(26-2)10-6-16/h3-10,13H,11-12H2,1-2H3,(H,22,25). The Morgan fingerprint density at radius 3 is 2.41 bits per heavy atom. The van der Waals surface area contributed by atoms with Gasteiger partial charge in [0, 0.05) is 35.0 Å². The molecule has 0 aliphatic carbocycles. The van der Waals surface area contributed by atoms with Crippen LogP contribution in [-0.2, 0) is 11.2 Å². The van der Waals surface area contributed by atoms with Gasteiger partial charge in [0.1, 0.15) is 5.75 Å². The summed E-state index contributed by atoms with van der Waals surface area (Å²) in [4.78, 5) is 28.0. The van der Waals surface area contributed by atoms with Crippen molar-refractivity contribution in [3.63, 3.8) is 0 Å². The lowest BCUT2D eigenvalue weighted by Crippen LogP contribution is -2.12. The largest absolute Gasteiger partial charge is 0.497 e. The maximum Gasteiger partial charge on any atom is 0.224 e. The molecular formula is C21H20N2O3S. The van der Waals surface area contributed by atoms with Gasteiger partial charge in [-0.3, -0.25) is 9.59 Å². The molecule has 138 valence electrons. The predicted molar refractivity (Wildman–Crippen MR) is 107 cm³/mol. The lowest BCUT2D eigenvalue weighted by atomic mass is 10.1. The van der Waals surface area contributed by atoms with Crippen LogP contribution >= 0.6 is 11.3 Å². The van der Waals surface area contributed by atoms with Crippen molar-refractivity contribution in [2.45, 2.75) is 19.8 Å². The minimum absolute atomic E-state index is 0.00399. The van der Waals surface area contributed by atoms with E-state index in [2.05, 4.69) is 10.3 Å². The second-order valence-electron chi connectivity index (χ2n) is 6.04. The van der Waals surface area contributed by atoms with Crippen LogP contribution in [0.5, 0.6) is 5.75 Å². The van der Waals surface area contributed by atoms with Crippen LogP contribution in [0.3, 0.4) is 0 Å². The highest BCUT2D eigenvalue weighted by Gasteiger charge is 2.08. The molecule has 2 aromatic carbocycles. The fourth-order valence-electron chi connectivity index (χ4n) is 2.55. The Balaban J connectivity index is 1.54. The first-order valence-corrected chi connectivity index (χ1v) is 9.43. The van der Waals surface area contributed by atoms with Crippen molar-refractivity contribution >= 4 is 28.7 Å². The molecule has 3 rings (SSSR count). The third-order valence-corrected chi connectivity index (χ3v) is 4.99. The summed E-state index contributed by atoms with van der Waals surface area (Å²) in [5, 5.41) is 5.76. The first-order valence-electron chi connectivity index (χ1n) is 8.55. The number of carbonyl (C=O) groups excluding carboxylic acids is 2. The number of methoxy groups -OCH3 is 1. The second-order valence-corrected chi connectivity index (χ2v) is 6.98. The molecule has 0 aliphatic heterocycles. The number of ketones is 1. The number of carbonyl (C=O) groups is 2. The van der Waals surface area contributed by atoms with E-state index in [4.69, 9.17) is 4.74 Å². The molecule has 1 N–H and O–H groups in total. The van der Waals surface area contributed by atoms with Gasteiger partial charge >= 0.3 is 0 Å². The molecule has 1 amide bonds. The predicted octanol–water partition coefficient (Wildman–Crippen LogP) is 4.59. The highest BCUT2D eigenvalue weighted by molar-refractivity contribution is 7.09. The minimum atomic E-state index is -0.0771. The van der Waals surface area contributed by atoms with Gasteiger partial charge in [-0.1, -0.05) is 0 Å². The molecule has 1 aromatic heterocycles. The molecule has 0 saturated carbocycles. The monoisotopic (exact) mass is 380 g/mol. The van der Waals surface area contributed by atoms with Crippen molar-refractivity contribution in [1.82, 2.24) is 4.98 Å². The van der Waals surface area contributed by atoms with Gasteiger partial charge in [-0.2, -0.15) is 0 Å². The Kier molecular flexibility index (Phi) is 5.98. The fraction of sp³-hybridized carbons (Fsp3) is 0.190. The van der Waals surface area contributed by atoms with Crippen molar-refractivity contribution in [1.29, 1.82) is 0 Å². The summed E-state index contributed by atoms with van der Waals surface area (Å²) in [6, 6.07) is 14.6. The summed E-state index contributed by atoms with van der Waals surface area (Å²) in [6.45, 7) is 1.52. The third kappa shape index (κ3) is 5.01. The maximum absolute atomic E-state index is 12.1. The SMILES string of the molecule is COc1ccc(-c2csc(CCC(=O)Nc3ccc(C(C)=O)cc3)n2)cc1. The number of aryl methyl sites for hydroxylation is 1. The van der Waals surface area contributed by atoms with E-state index in [1.54, 1.807) is 42.7 Å². The molecule has 5 nitrogen and oxygen atoms in total. The number of thiazole rings is 1. The molecule has 0 radical (unpaired) electrons. The number of nitrogens with zero attached hydrogens (tertiary/aromatic N) is 1. The van der Waals surface area contributed by atoms with E-state index in [0.29, 0.717) is 24.1 Å². The average Bonchev–Trinajstić information content (AvgIpc) is 3.16. The van der Waals surface area contributed by atoms with Gasteiger partial charge in [0.25, 0.3) is 0 Å². The summed E-state index contributed by atoms with van der Waals surface area (Å²) < 4.78 is 5.16. The average molecular weight is 380 g/mol. The van der Waals surface area contributed by atoms with Crippen LogP contribution in [0.25, 0.3) is 11.3 Å². The van der Waals surface area contributed by atoms with E-state index in [1.807, 2.05) is 29.6 Å². The van der Waals surface area contributed by atoms with E-state index < -0.39 is 0 Å². The van der Waals surface area contributed by atoms with Crippen LogP contribution < -0.4 is 10.1 Å². The van der Waals surface area contributed by atoms with Crippen molar-refractivity contribution in [2.24, 2.45) is 0 Å². The molecule has 0 unspecified atom stereocenters. The second kappa shape index (κ2) is 8.60. The number of anilines is 1. The molecule has 0 spiro atoms. The molecule has 6 heteroatoms. The van der Waals surface area contributed by atoms with Gasteiger partial charge in [-0.15, -0.1) is 11.3 Å². The summed E-state index contributed by atoms with van der Waals surface area (Å²) in [5.41, 5.74) is 3.23. The van der Waals surface area contributed by atoms with E-state index in [1.165, 1.54) is 6.92 Å². The van der Waals surface area contributed by atoms with Gasteiger partial charge in [-0.25, -0.2) is 4.98 Å². The number of Topliss-reactive ketones (excluding diaryl/α,β-unsaturated/α-hetero) is 1. The molecule has 1 heterocycles. The molecule has 0 fully saturated rings. The third-order valence-electron chi connectivity index (χ3n) is 4.08. The Labute approximate surface area is 162 Å². The molecule has 0 atom stereocenters. The number of rotatable bonds is 7. The zero-order valence-electron chi connectivity index (χ0n) is 15.2. The first kappa shape index (κ1) is 18.8. The molecule has 0 saturated heterocycles. The number of hydrogen-bond acceptors (Lipinski definition) is 5. The number of aromatic nitrogens is 1. The van der Waals surface area contributed by atoms with Crippen LogP contribution in [0.15, 0.2) is 53.9 Å². The lowest BCUT2D eigenvalue weighted by Gasteiger charge is -2.05. The van der Waals surface area contributed by atoms with Crippen molar-refractivity contribution in [3.8, 4) is 17.0 Å². The zero-order valence-corrected chi connectivity index (χ0v) is 16.0. The molecule has 27 heavy (non-hydrogen) atoms. The van der Waals surface area contributed by atoms with Crippen LogP contribution in [0.2, 0.25) is 0 Å². The number of amides is 1. The summed E-state index contributed by atoms with van der Waals surface area (Å²) in [7, 11) is 1.64.